The lowest BCUT2D eigenvalue weighted by Gasteiger charge is -2.34. The zero-order valence-electron chi connectivity index (χ0n) is 21.6. The van der Waals surface area contributed by atoms with Crippen LogP contribution in [-0.4, -0.2) is 32.9 Å². The summed E-state index contributed by atoms with van der Waals surface area (Å²) >= 11 is 0. The van der Waals surface area contributed by atoms with Crippen molar-refractivity contribution >= 4 is 16.9 Å². The van der Waals surface area contributed by atoms with Crippen LogP contribution < -0.4 is 0 Å². The number of carbonyl (C=O) groups excluding carboxylic acids is 1. The molecule has 0 saturated heterocycles. The second-order valence-electron chi connectivity index (χ2n) is 11.4. The highest BCUT2D eigenvalue weighted by molar-refractivity contribution is 5.79. The number of rotatable bonds is 9. The molecule has 3 aliphatic rings. The highest BCUT2D eigenvalue weighted by atomic mass is 16.2. The van der Waals surface area contributed by atoms with Gasteiger partial charge in [-0.2, -0.15) is 0 Å². The Morgan fingerprint density at radius 2 is 1.71 bits per heavy atom. The van der Waals surface area contributed by atoms with Crippen LogP contribution in [0, 0.1) is 5.92 Å². The third-order valence-electron chi connectivity index (χ3n) is 8.99. The van der Waals surface area contributed by atoms with Gasteiger partial charge >= 0.3 is 0 Å². The maximum Gasteiger partial charge on any atom is 0.224 e. The van der Waals surface area contributed by atoms with Crippen molar-refractivity contribution in [2.75, 3.05) is 6.54 Å². The van der Waals surface area contributed by atoms with E-state index in [2.05, 4.69) is 41.5 Å². The quantitative estimate of drug-likeness (QED) is 0.385. The summed E-state index contributed by atoms with van der Waals surface area (Å²) in [6.07, 6.45) is 17.3. The molecule has 3 aliphatic carbocycles. The predicted octanol–water partition coefficient (Wildman–Crippen LogP) is 7.56. The summed E-state index contributed by atoms with van der Waals surface area (Å²) in [5.74, 6) is 3.78. The first kappa shape index (κ1) is 23.9. The van der Waals surface area contributed by atoms with Crippen molar-refractivity contribution in [2.45, 2.75) is 128 Å². The third-order valence-corrected chi connectivity index (χ3v) is 8.99. The van der Waals surface area contributed by atoms with E-state index in [1.54, 1.807) is 0 Å². The molecular formula is C30H45N3O. The van der Waals surface area contributed by atoms with Gasteiger partial charge in [-0.15, -0.1) is 0 Å². The Balaban J connectivity index is 1.36. The minimum absolute atomic E-state index is 0.337. The monoisotopic (exact) mass is 463 g/mol. The van der Waals surface area contributed by atoms with Gasteiger partial charge in [-0.3, -0.25) is 4.79 Å². The average molecular weight is 464 g/mol. The van der Waals surface area contributed by atoms with Crippen molar-refractivity contribution in [2.24, 2.45) is 5.92 Å². The Labute approximate surface area is 206 Å². The van der Waals surface area contributed by atoms with Gasteiger partial charge in [-0.25, -0.2) is 4.98 Å². The van der Waals surface area contributed by atoms with Crippen molar-refractivity contribution in [3.63, 3.8) is 0 Å². The normalized spacial score (nSPS) is 23.9. The molecule has 0 aliphatic heterocycles. The van der Waals surface area contributed by atoms with Crippen LogP contribution in [-0.2, 0) is 11.3 Å². The van der Waals surface area contributed by atoms with E-state index in [1.165, 1.54) is 100 Å². The fraction of sp³-hybridized carbons (Fsp3) is 0.733. The first-order chi connectivity index (χ1) is 16.7. The highest BCUT2D eigenvalue weighted by Gasteiger charge is 2.29. The molecule has 4 heteroatoms. The van der Waals surface area contributed by atoms with E-state index in [0.717, 1.165) is 30.4 Å². The van der Waals surface area contributed by atoms with Crippen LogP contribution in [0.1, 0.15) is 127 Å². The first-order valence-electron chi connectivity index (χ1n) is 14.5. The largest absolute Gasteiger partial charge is 0.340 e. The molecule has 1 heterocycles. The van der Waals surface area contributed by atoms with Gasteiger partial charge < -0.3 is 9.47 Å². The summed E-state index contributed by atoms with van der Waals surface area (Å²) in [6.45, 7) is 6.07. The molecule has 3 saturated carbocycles. The summed E-state index contributed by atoms with van der Waals surface area (Å²) in [6, 6.07) is 7.42. The summed E-state index contributed by atoms with van der Waals surface area (Å²) in [5, 5.41) is 0. The van der Waals surface area contributed by atoms with Gasteiger partial charge in [0.25, 0.3) is 0 Å². The molecule has 0 bridgehead atoms. The molecule has 186 valence electrons. The lowest BCUT2D eigenvalue weighted by atomic mass is 9.79. The molecular weight excluding hydrogens is 418 g/mol. The fourth-order valence-corrected chi connectivity index (χ4v) is 6.88. The number of nitrogens with zero attached hydrogens (tertiary/aromatic N) is 3. The first-order valence-corrected chi connectivity index (χ1v) is 14.5. The van der Waals surface area contributed by atoms with E-state index in [0.29, 0.717) is 24.3 Å². The maximum absolute atomic E-state index is 13.4. The maximum atomic E-state index is 13.4. The topological polar surface area (TPSA) is 38.1 Å². The molecule has 0 N–H and O–H groups in total. The predicted molar refractivity (Wildman–Crippen MR) is 140 cm³/mol. The Kier molecular flexibility index (Phi) is 7.61. The van der Waals surface area contributed by atoms with Gasteiger partial charge in [0, 0.05) is 31.5 Å². The minimum Gasteiger partial charge on any atom is -0.340 e. The number of benzene rings is 1. The lowest BCUT2D eigenvalue weighted by molar-refractivity contribution is -0.134. The minimum atomic E-state index is 0.337. The van der Waals surface area contributed by atoms with E-state index in [-0.39, 0.29) is 0 Å². The number of carbonyl (C=O) groups is 1. The van der Waals surface area contributed by atoms with Crippen LogP contribution in [0.15, 0.2) is 18.2 Å². The van der Waals surface area contributed by atoms with E-state index < -0.39 is 0 Å². The SMILES string of the molecule is CCC[C@H]1CC[C@H](c2nc3cc(C4CC4)ccc3n2CCC(=O)N(CC)C2CCCCC2)CC1. The van der Waals surface area contributed by atoms with Crippen molar-refractivity contribution in [1.29, 1.82) is 0 Å². The number of amides is 1. The average Bonchev–Trinajstić information content (AvgIpc) is 3.66. The van der Waals surface area contributed by atoms with Gasteiger partial charge in [0.2, 0.25) is 5.91 Å². The Morgan fingerprint density at radius 3 is 2.38 bits per heavy atom. The summed E-state index contributed by atoms with van der Waals surface area (Å²) < 4.78 is 2.43. The van der Waals surface area contributed by atoms with Crippen molar-refractivity contribution < 1.29 is 4.79 Å². The highest BCUT2D eigenvalue weighted by Crippen LogP contribution is 2.42. The summed E-state index contributed by atoms with van der Waals surface area (Å²) in [7, 11) is 0. The van der Waals surface area contributed by atoms with E-state index in [4.69, 9.17) is 4.98 Å². The van der Waals surface area contributed by atoms with Crippen LogP contribution in [0.3, 0.4) is 0 Å². The van der Waals surface area contributed by atoms with Crippen LogP contribution in [0.2, 0.25) is 0 Å². The van der Waals surface area contributed by atoms with Gasteiger partial charge in [-0.05, 0) is 87.8 Å². The molecule has 1 amide bonds. The number of hydrogen-bond donors (Lipinski definition) is 0. The van der Waals surface area contributed by atoms with Crippen LogP contribution in [0.4, 0.5) is 0 Å². The number of hydrogen-bond acceptors (Lipinski definition) is 2. The Hall–Kier alpha value is -1.84. The van der Waals surface area contributed by atoms with Crippen LogP contribution in [0.25, 0.3) is 11.0 Å². The zero-order valence-corrected chi connectivity index (χ0v) is 21.6. The van der Waals surface area contributed by atoms with Crippen molar-refractivity contribution in [1.82, 2.24) is 14.5 Å². The number of imidazole rings is 1. The molecule has 1 aromatic carbocycles. The molecule has 0 atom stereocenters. The molecule has 0 spiro atoms. The third kappa shape index (κ3) is 5.21. The van der Waals surface area contributed by atoms with Gasteiger partial charge in [-0.1, -0.05) is 45.1 Å². The molecule has 5 rings (SSSR count). The smallest absolute Gasteiger partial charge is 0.224 e. The molecule has 4 nitrogen and oxygen atoms in total. The summed E-state index contributed by atoms with van der Waals surface area (Å²) in [5.41, 5.74) is 3.85. The fourth-order valence-electron chi connectivity index (χ4n) is 6.88. The van der Waals surface area contributed by atoms with E-state index in [9.17, 15) is 4.79 Å². The van der Waals surface area contributed by atoms with Gasteiger partial charge in [0.1, 0.15) is 5.82 Å². The standard InChI is InChI=1S/C30H45N3O/c1-3-8-22-11-13-24(14-12-22)30-31-27-21-25(23-15-16-23)17-18-28(27)33(30)20-19-29(34)32(4-2)26-9-6-5-7-10-26/h17-18,21-24,26H,3-16,19-20H2,1-2H3/t22-,24-. The molecule has 34 heavy (non-hydrogen) atoms. The Morgan fingerprint density at radius 1 is 0.971 bits per heavy atom. The Bertz CT molecular complexity index is 961. The van der Waals surface area contributed by atoms with E-state index in [1.807, 2.05) is 0 Å². The summed E-state index contributed by atoms with van der Waals surface area (Å²) in [4.78, 5) is 20.8. The molecule has 0 unspecified atom stereocenters. The second-order valence-corrected chi connectivity index (χ2v) is 11.4. The second kappa shape index (κ2) is 10.8. The molecule has 1 aromatic heterocycles. The van der Waals surface area contributed by atoms with Crippen LogP contribution in [0.5, 0.6) is 0 Å². The van der Waals surface area contributed by atoms with Gasteiger partial charge in [0.05, 0.1) is 11.0 Å². The molecule has 0 radical (unpaired) electrons. The van der Waals surface area contributed by atoms with Gasteiger partial charge in [0.15, 0.2) is 0 Å². The number of fused-ring (bicyclic) bond motifs is 1. The van der Waals surface area contributed by atoms with Crippen molar-refractivity contribution in [3.05, 3.63) is 29.6 Å². The molecule has 3 fully saturated rings. The number of aryl methyl sites for hydroxylation is 1. The zero-order chi connectivity index (χ0) is 23.5. The molecule has 2 aromatic rings. The van der Waals surface area contributed by atoms with E-state index >= 15 is 0 Å². The van der Waals surface area contributed by atoms with Crippen molar-refractivity contribution in [3.8, 4) is 0 Å². The number of aromatic nitrogens is 2. The van der Waals surface area contributed by atoms with Crippen LogP contribution >= 0.6 is 0 Å². The lowest BCUT2D eigenvalue weighted by Crippen LogP contribution is -2.41.